The zero-order valence-electron chi connectivity index (χ0n) is 10.4. The molecule has 0 aromatic heterocycles. The Kier molecular flexibility index (Phi) is 3.50. The molecule has 4 nitrogen and oxygen atoms in total. The predicted molar refractivity (Wildman–Crippen MR) is 85.9 cm³/mol. The van der Waals surface area contributed by atoms with Crippen LogP contribution in [0.2, 0.25) is 0 Å². The lowest BCUT2D eigenvalue weighted by Crippen LogP contribution is -2.09. The quantitative estimate of drug-likeness (QED) is 0.829. The van der Waals surface area contributed by atoms with Crippen molar-refractivity contribution in [2.45, 2.75) is 0 Å². The molecule has 0 aliphatic carbocycles. The van der Waals surface area contributed by atoms with Gasteiger partial charge in [-0.25, -0.2) is 0 Å². The number of benzene rings is 2. The van der Waals surface area contributed by atoms with Crippen molar-refractivity contribution in [2.75, 3.05) is 12.1 Å². The number of hydrogen-bond donors (Lipinski definition) is 2. The van der Waals surface area contributed by atoms with Gasteiger partial charge in [0.25, 0.3) is 0 Å². The van der Waals surface area contributed by atoms with Gasteiger partial charge in [-0.2, -0.15) is 0 Å². The monoisotopic (exact) mass is 350 g/mol. The second-order valence-electron chi connectivity index (χ2n) is 4.25. The number of ether oxygens (including phenoxy) is 2. The summed E-state index contributed by atoms with van der Waals surface area (Å²) in [5.74, 6) is 1.50. The Morgan fingerprint density at radius 2 is 1.95 bits per heavy atom. The summed E-state index contributed by atoms with van der Waals surface area (Å²) in [7, 11) is 0. The highest BCUT2D eigenvalue weighted by Gasteiger charge is 2.13. The van der Waals surface area contributed by atoms with Crippen LogP contribution < -0.4 is 20.5 Å². The fraction of sp³-hybridized carbons (Fsp3) is 0.0714. The molecule has 0 unspecified atom stereocenters. The molecule has 0 fully saturated rings. The maximum absolute atomic E-state index is 5.61. The Bertz CT molecular complexity index is 691. The average Bonchev–Trinajstić information content (AvgIpc) is 2.88. The van der Waals surface area contributed by atoms with Gasteiger partial charge < -0.3 is 20.5 Å². The van der Waals surface area contributed by atoms with Gasteiger partial charge >= 0.3 is 0 Å². The molecule has 0 saturated heterocycles. The van der Waals surface area contributed by atoms with Crippen LogP contribution >= 0.6 is 28.1 Å². The fourth-order valence-electron chi connectivity index (χ4n) is 1.90. The second kappa shape index (κ2) is 5.30. The van der Waals surface area contributed by atoms with Gasteiger partial charge in [0, 0.05) is 21.8 Å². The molecule has 0 saturated carbocycles. The molecule has 2 aromatic carbocycles. The molecule has 3 N–H and O–H groups in total. The van der Waals surface area contributed by atoms with Crippen LogP contribution in [0.1, 0.15) is 5.56 Å². The molecule has 2 aromatic rings. The lowest BCUT2D eigenvalue weighted by atomic mass is 10.2. The summed E-state index contributed by atoms with van der Waals surface area (Å²) in [5.41, 5.74) is 8.26. The van der Waals surface area contributed by atoms with Crippen molar-refractivity contribution in [1.29, 1.82) is 0 Å². The normalized spacial score (nSPS) is 12.2. The van der Waals surface area contributed by atoms with Crippen molar-refractivity contribution in [2.24, 2.45) is 5.73 Å². The van der Waals surface area contributed by atoms with Crippen LogP contribution in [0.5, 0.6) is 11.5 Å². The van der Waals surface area contributed by atoms with Crippen molar-refractivity contribution in [3.8, 4) is 11.5 Å². The SMILES string of the molecule is NC(=S)c1ccc(Nc2ccc3c(c2)OCO3)c(Br)c1. The van der Waals surface area contributed by atoms with Crippen LogP contribution in [0.3, 0.4) is 0 Å². The van der Waals surface area contributed by atoms with Crippen molar-refractivity contribution in [3.05, 3.63) is 46.4 Å². The van der Waals surface area contributed by atoms with Crippen molar-refractivity contribution in [3.63, 3.8) is 0 Å². The van der Waals surface area contributed by atoms with Crippen LogP contribution in [0, 0.1) is 0 Å². The Hall–Kier alpha value is -1.79. The van der Waals surface area contributed by atoms with Gasteiger partial charge in [0.2, 0.25) is 6.79 Å². The first kappa shape index (κ1) is 13.2. The summed E-state index contributed by atoms with van der Waals surface area (Å²) in [6, 6.07) is 11.4. The van der Waals surface area contributed by atoms with Crippen LogP contribution in [0.15, 0.2) is 40.9 Å². The minimum absolute atomic E-state index is 0.269. The highest BCUT2D eigenvalue weighted by atomic mass is 79.9. The molecule has 0 radical (unpaired) electrons. The Morgan fingerprint density at radius 3 is 2.70 bits per heavy atom. The largest absolute Gasteiger partial charge is 0.454 e. The summed E-state index contributed by atoms with van der Waals surface area (Å²) in [5, 5.41) is 3.30. The number of thiocarbonyl (C=S) groups is 1. The highest BCUT2D eigenvalue weighted by molar-refractivity contribution is 9.10. The van der Waals surface area contributed by atoms with Gasteiger partial charge in [0.15, 0.2) is 11.5 Å². The molecule has 3 rings (SSSR count). The third-order valence-electron chi connectivity index (χ3n) is 2.91. The molecule has 0 bridgehead atoms. The first-order valence-electron chi connectivity index (χ1n) is 5.89. The number of fused-ring (bicyclic) bond motifs is 1. The number of halogens is 1. The summed E-state index contributed by atoms with van der Waals surface area (Å²) < 4.78 is 11.5. The summed E-state index contributed by atoms with van der Waals surface area (Å²) in [6.45, 7) is 0.269. The molecule has 0 spiro atoms. The second-order valence-corrected chi connectivity index (χ2v) is 5.55. The third kappa shape index (κ3) is 2.57. The molecule has 0 amide bonds. The Labute approximate surface area is 130 Å². The third-order valence-corrected chi connectivity index (χ3v) is 3.80. The molecule has 1 heterocycles. The van der Waals surface area contributed by atoms with E-state index >= 15 is 0 Å². The van der Waals surface area contributed by atoms with E-state index in [9.17, 15) is 0 Å². The molecule has 102 valence electrons. The average molecular weight is 351 g/mol. The summed E-state index contributed by atoms with van der Waals surface area (Å²) in [4.78, 5) is 0.375. The standard InChI is InChI=1S/C14H11BrN2O2S/c15-10-5-8(14(16)20)1-3-11(10)17-9-2-4-12-13(6-9)19-7-18-12/h1-6,17H,7H2,(H2,16,20). The maximum Gasteiger partial charge on any atom is 0.231 e. The Balaban J connectivity index is 1.86. The zero-order valence-corrected chi connectivity index (χ0v) is 12.8. The summed E-state index contributed by atoms with van der Waals surface area (Å²) in [6.07, 6.45) is 0. The van der Waals surface area contributed by atoms with Crippen molar-refractivity contribution >= 4 is 44.5 Å². The van der Waals surface area contributed by atoms with E-state index in [1.54, 1.807) is 0 Å². The van der Waals surface area contributed by atoms with Gasteiger partial charge in [0.1, 0.15) is 4.99 Å². The van der Waals surface area contributed by atoms with E-state index in [1.807, 2.05) is 36.4 Å². The molecule has 1 aliphatic heterocycles. The fourth-order valence-corrected chi connectivity index (χ4v) is 2.50. The number of rotatable bonds is 3. The molecule has 6 heteroatoms. The van der Waals surface area contributed by atoms with Gasteiger partial charge in [-0.1, -0.05) is 12.2 Å². The van der Waals surface area contributed by atoms with E-state index in [2.05, 4.69) is 21.2 Å². The summed E-state index contributed by atoms with van der Waals surface area (Å²) >= 11 is 8.46. The van der Waals surface area contributed by atoms with Crippen LogP contribution in [0.4, 0.5) is 11.4 Å². The number of nitrogens with one attached hydrogen (secondary N) is 1. The maximum atomic E-state index is 5.61. The molecular formula is C14H11BrN2O2S. The van der Waals surface area contributed by atoms with Gasteiger partial charge in [-0.3, -0.25) is 0 Å². The minimum atomic E-state index is 0.269. The number of hydrogen-bond acceptors (Lipinski definition) is 4. The molecule has 0 atom stereocenters. The van der Waals surface area contributed by atoms with E-state index < -0.39 is 0 Å². The minimum Gasteiger partial charge on any atom is -0.454 e. The van der Waals surface area contributed by atoms with Crippen LogP contribution in [0.25, 0.3) is 0 Å². The predicted octanol–water partition coefficient (Wildman–Crippen LogP) is 3.56. The van der Waals surface area contributed by atoms with E-state index in [4.69, 9.17) is 27.4 Å². The lowest BCUT2D eigenvalue weighted by molar-refractivity contribution is 0.174. The van der Waals surface area contributed by atoms with E-state index in [1.165, 1.54) is 0 Å². The number of anilines is 2. The van der Waals surface area contributed by atoms with Gasteiger partial charge in [-0.15, -0.1) is 0 Å². The lowest BCUT2D eigenvalue weighted by Gasteiger charge is -2.10. The van der Waals surface area contributed by atoms with Crippen molar-refractivity contribution < 1.29 is 9.47 Å². The zero-order chi connectivity index (χ0) is 14.1. The number of nitrogens with two attached hydrogens (primary N) is 1. The van der Waals surface area contributed by atoms with E-state index in [-0.39, 0.29) is 6.79 Å². The van der Waals surface area contributed by atoms with Crippen LogP contribution in [-0.2, 0) is 0 Å². The topological polar surface area (TPSA) is 56.5 Å². The first-order chi connectivity index (χ1) is 9.63. The highest BCUT2D eigenvalue weighted by Crippen LogP contribution is 2.36. The van der Waals surface area contributed by atoms with E-state index in [0.29, 0.717) is 4.99 Å². The molecular weight excluding hydrogens is 340 g/mol. The molecule has 1 aliphatic rings. The van der Waals surface area contributed by atoms with E-state index in [0.717, 1.165) is 32.9 Å². The smallest absolute Gasteiger partial charge is 0.231 e. The Morgan fingerprint density at radius 1 is 1.15 bits per heavy atom. The van der Waals surface area contributed by atoms with Gasteiger partial charge in [0.05, 0.1) is 5.69 Å². The molecule has 20 heavy (non-hydrogen) atoms. The van der Waals surface area contributed by atoms with Crippen molar-refractivity contribution in [1.82, 2.24) is 0 Å². The van der Waals surface area contributed by atoms with Gasteiger partial charge in [-0.05, 0) is 46.3 Å². The first-order valence-corrected chi connectivity index (χ1v) is 7.09. The van der Waals surface area contributed by atoms with Crippen LogP contribution in [-0.4, -0.2) is 11.8 Å².